The number of carbonyl (C=O) groups excluding carboxylic acids is 1. The second-order valence-electron chi connectivity index (χ2n) is 5.57. The fourth-order valence-electron chi connectivity index (χ4n) is 3.12. The first-order valence-electron chi connectivity index (χ1n) is 7.07. The van der Waals surface area contributed by atoms with Crippen LogP contribution < -0.4 is 0 Å². The number of fused-ring (bicyclic) bond motifs is 1. The molecular weight excluding hydrogens is 254 g/mol. The number of esters is 1. The number of carbonyl (C=O) groups is 1. The van der Waals surface area contributed by atoms with Crippen molar-refractivity contribution in [1.29, 1.82) is 0 Å². The van der Waals surface area contributed by atoms with Crippen LogP contribution in [0.3, 0.4) is 0 Å². The summed E-state index contributed by atoms with van der Waals surface area (Å²) < 4.78 is 10.8. The Hall–Kier alpha value is -2.10. The van der Waals surface area contributed by atoms with Crippen LogP contribution in [0.1, 0.15) is 37.7 Å². The number of rotatable bonds is 1. The van der Waals surface area contributed by atoms with Gasteiger partial charge < -0.3 is 9.15 Å². The van der Waals surface area contributed by atoms with Gasteiger partial charge in [-0.1, -0.05) is 19.3 Å². The number of benzene rings is 1. The van der Waals surface area contributed by atoms with Gasteiger partial charge in [0.2, 0.25) is 5.90 Å². The molecule has 0 N–H and O–H groups in total. The largest absolute Gasteiger partial charge is 0.464 e. The molecule has 1 saturated carbocycles. The third kappa shape index (κ3) is 1.68. The molecule has 4 heteroatoms. The molecule has 102 valence electrons. The average Bonchev–Trinajstić information content (AvgIpc) is 3.05. The topological polar surface area (TPSA) is 51.8 Å². The molecule has 20 heavy (non-hydrogen) atoms. The van der Waals surface area contributed by atoms with Gasteiger partial charge in [-0.15, -0.1) is 0 Å². The Balaban J connectivity index is 1.74. The van der Waals surface area contributed by atoms with E-state index in [9.17, 15) is 4.79 Å². The standard InChI is InChI=1S/C16H15NO3/c18-15-16(7-2-1-3-8-16)17-14(20-15)12-4-5-13-11(10-12)6-9-19-13/h4-6,9-10H,1-3,7-8H2. The van der Waals surface area contributed by atoms with E-state index in [1.165, 1.54) is 6.42 Å². The molecule has 2 heterocycles. The zero-order valence-corrected chi connectivity index (χ0v) is 11.1. The summed E-state index contributed by atoms with van der Waals surface area (Å²) >= 11 is 0. The molecule has 4 nitrogen and oxygen atoms in total. The molecule has 1 aliphatic carbocycles. The average molecular weight is 269 g/mol. The first kappa shape index (κ1) is 11.7. The summed E-state index contributed by atoms with van der Waals surface area (Å²) in [5.74, 6) is 0.277. The van der Waals surface area contributed by atoms with Gasteiger partial charge in [-0.2, -0.15) is 0 Å². The highest BCUT2D eigenvalue weighted by Gasteiger charge is 2.46. The van der Waals surface area contributed by atoms with Gasteiger partial charge in [0.25, 0.3) is 0 Å². The Labute approximate surface area is 116 Å². The molecule has 0 unspecified atom stereocenters. The van der Waals surface area contributed by atoms with E-state index in [1.54, 1.807) is 6.26 Å². The molecule has 0 radical (unpaired) electrons. The summed E-state index contributed by atoms with van der Waals surface area (Å²) in [6.07, 6.45) is 6.55. The summed E-state index contributed by atoms with van der Waals surface area (Å²) in [5.41, 5.74) is 1.06. The Morgan fingerprint density at radius 2 is 1.95 bits per heavy atom. The molecule has 1 aliphatic heterocycles. The maximum atomic E-state index is 12.2. The highest BCUT2D eigenvalue weighted by atomic mass is 16.6. The second kappa shape index (κ2) is 4.20. The smallest absolute Gasteiger partial charge is 0.340 e. The molecule has 0 amide bonds. The molecule has 0 bridgehead atoms. The number of nitrogens with zero attached hydrogens (tertiary/aromatic N) is 1. The van der Waals surface area contributed by atoms with Crippen LogP contribution in [0.25, 0.3) is 11.0 Å². The van der Waals surface area contributed by atoms with Crippen molar-refractivity contribution in [3.05, 3.63) is 36.1 Å². The van der Waals surface area contributed by atoms with Gasteiger partial charge in [0.1, 0.15) is 5.58 Å². The number of cyclic esters (lactones) is 1. The van der Waals surface area contributed by atoms with E-state index in [4.69, 9.17) is 9.15 Å². The lowest BCUT2D eigenvalue weighted by atomic mass is 9.83. The van der Waals surface area contributed by atoms with Crippen molar-refractivity contribution in [1.82, 2.24) is 0 Å². The predicted molar refractivity (Wildman–Crippen MR) is 74.7 cm³/mol. The predicted octanol–water partition coefficient (Wildman–Crippen LogP) is 3.44. The second-order valence-corrected chi connectivity index (χ2v) is 5.57. The lowest BCUT2D eigenvalue weighted by Crippen LogP contribution is -2.35. The highest BCUT2D eigenvalue weighted by Crippen LogP contribution is 2.37. The van der Waals surface area contributed by atoms with E-state index in [0.29, 0.717) is 5.90 Å². The number of ether oxygens (including phenoxy) is 1. The molecule has 0 atom stereocenters. The van der Waals surface area contributed by atoms with E-state index in [1.807, 2.05) is 24.3 Å². The van der Waals surface area contributed by atoms with Crippen molar-refractivity contribution < 1.29 is 13.9 Å². The van der Waals surface area contributed by atoms with Crippen molar-refractivity contribution in [3.8, 4) is 0 Å². The molecule has 1 spiro atoms. The molecule has 2 aromatic rings. The third-order valence-electron chi connectivity index (χ3n) is 4.26. The monoisotopic (exact) mass is 269 g/mol. The highest BCUT2D eigenvalue weighted by molar-refractivity contribution is 6.09. The van der Waals surface area contributed by atoms with Crippen molar-refractivity contribution in [2.24, 2.45) is 4.99 Å². The van der Waals surface area contributed by atoms with E-state index in [0.717, 1.165) is 42.2 Å². The summed E-state index contributed by atoms with van der Waals surface area (Å²) in [6, 6.07) is 7.62. The van der Waals surface area contributed by atoms with E-state index >= 15 is 0 Å². The van der Waals surface area contributed by atoms with Crippen molar-refractivity contribution >= 4 is 22.8 Å². The zero-order chi connectivity index (χ0) is 13.6. The number of furan rings is 1. The lowest BCUT2D eigenvalue weighted by Gasteiger charge is -2.25. The molecule has 1 aromatic carbocycles. The third-order valence-corrected chi connectivity index (χ3v) is 4.26. The van der Waals surface area contributed by atoms with Crippen LogP contribution >= 0.6 is 0 Å². The Morgan fingerprint density at radius 1 is 1.10 bits per heavy atom. The van der Waals surface area contributed by atoms with Crippen LogP contribution in [0.5, 0.6) is 0 Å². The molecular formula is C16H15NO3. The van der Waals surface area contributed by atoms with Crippen molar-refractivity contribution in [3.63, 3.8) is 0 Å². The minimum absolute atomic E-state index is 0.181. The van der Waals surface area contributed by atoms with E-state index in [-0.39, 0.29) is 5.97 Å². The first-order valence-corrected chi connectivity index (χ1v) is 7.07. The lowest BCUT2D eigenvalue weighted by molar-refractivity contribution is -0.140. The van der Waals surface area contributed by atoms with Crippen molar-refractivity contribution in [2.45, 2.75) is 37.6 Å². The van der Waals surface area contributed by atoms with Crippen LogP contribution in [0.4, 0.5) is 0 Å². The maximum Gasteiger partial charge on any atom is 0.340 e. The summed E-state index contributed by atoms with van der Waals surface area (Å²) in [7, 11) is 0. The zero-order valence-electron chi connectivity index (χ0n) is 11.1. The van der Waals surface area contributed by atoms with Crippen LogP contribution in [0.15, 0.2) is 39.9 Å². The van der Waals surface area contributed by atoms with Crippen LogP contribution in [0.2, 0.25) is 0 Å². The van der Waals surface area contributed by atoms with Gasteiger partial charge >= 0.3 is 5.97 Å². The fourth-order valence-corrected chi connectivity index (χ4v) is 3.12. The Morgan fingerprint density at radius 3 is 2.80 bits per heavy atom. The molecule has 0 saturated heterocycles. The molecule has 2 aliphatic rings. The number of hydrogen-bond donors (Lipinski definition) is 0. The maximum absolute atomic E-state index is 12.2. The van der Waals surface area contributed by atoms with E-state index in [2.05, 4.69) is 4.99 Å². The van der Waals surface area contributed by atoms with Gasteiger partial charge in [-0.05, 0) is 37.1 Å². The molecule has 1 aromatic heterocycles. The quantitative estimate of drug-likeness (QED) is 0.745. The SMILES string of the molecule is O=C1OC(c2ccc3occc3c2)=NC12CCCCC2. The van der Waals surface area contributed by atoms with Gasteiger partial charge in [0, 0.05) is 10.9 Å². The van der Waals surface area contributed by atoms with E-state index < -0.39 is 5.54 Å². The van der Waals surface area contributed by atoms with Crippen LogP contribution in [-0.4, -0.2) is 17.4 Å². The fraction of sp³-hybridized carbons (Fsp3) is 0.375. The normalized spacial score (nSPS) is 21.2. The number of aliphatic imine (C=N–C) groups is 1. The molecule has 1 fully saturated rings. The summed E-state index contributed by atoms with van der Waals surface area (Å²) in [5, 5.41) is 0.992. The van der Waals surface area contributed by atoms with Gasteiger partial charge in [0.05, 0.1) is 6.26 Å². The van der Waals surface area contributed by atoms with Crippen LogP contribution in [0, 0.1) is 0 Å². The van der Waals surface area contributed by atoms with Crippen molar-refractivity contribution in [2.75, 3.05) is 0 Å². The van der Waals surface area contributed by atoms with Gasteiger partial charge in [-0.25, -0.2) is 9.79 Å². The summed E-state index contributed by atoms with van der Waals surface area (Å²) in [6.45, 7) is 0. The van der Waals surface area contributed by atoms with Gasteiger partial charge in [-0.3, -0.25) is 0 Å². The van der Waals surface area contributed by atoms with Gasteiger partial charge in [0.15, 0.2) is 5.54 Å². The number of hydrogen-bond acceptors (Lipinski definition) is 4. The minimum atomic E-state index is -0.612. The molecule has 4 rings (SSSR count). The van der Waals surface area contributed by atoms with Crippen LogP contribution in [-0.2, 0) is 9.53 Å². The minimum Gasteiger partial charge on any atom is -0.464 e. The summed E-state index contributed by atoms with van der Waals surface area (Å²) in [4.78, 5) is 16.8. The Kier molecular flexibility index (Phi) is 2.46. The first-order chi connectivity index (χ1) is 9.77. The Bertz CT molecular complexity index is 707.